The Morgan fingerprint density at radius 1 is 1.10 bits per heavy atom. The summed E-state index contributed by atoms with van der Waals surface area (Å²) in [5, 5.41) is 5.14. The van der Waals surface area contributed by atoms with E-state index in [1.807, 2.05) is 19.9 Å². The molecule has 3 nitrogen and oxygen atoms in total. The van der Waals surface area contributed by atoms with Gasteiger partial charge in [0.25, 0.3) is 0 Å². The van der Waals surface area contributed by atoms with Crippen molar-refractivity contribution in [3.8, 4) is 0 Å². The van der Waals surface area contributed by atoms with Crippen LogP contribution in [0.25, 0.3) is 5.65 Å². The van der Waals surface area contributed by atoms with Gasteiger partial charge in [-0.05, 0) is 26.7 Å². The zero-order valence-electron chi connectivity index (χ0n) is 12.7. The minimum absolute atomic E-state index is 0.731. The van der Waals surface area contributed by atoms with Crippen LogP contribution in [0.3, 0.4) is 0 Å². The van der Waals surface area contributed by atoms with Gasteiger partial charge in [0.15, 0.2) is 5.65 Å². The lowest BCUT2D eigenvalue weighted by Gasteiger charge is -2.09. The fraction of sp³-hybridized carbons (Fsp3) is 0.625. The summed E-state index contributed by atoms with van der Waals surface area (Å²) in [6.07, 6.45) is 8.76. The predicted octanol–water partition coefficient (Wildman–Crippen LogP) is 4.90. The predicted molar refractivity (Wildman–Crippen MR) is 84.6 cm³/mol. The molecule has 2 aromatic rings. The molecule has 0 fully saturated rings. The summed E-state index contributed by atoms with van der Waals surface area (Å²) in [7, 11) is 0. The molecule has 20 heavy (non-hydrogen) atoms. The Bertz CT molecular complexity index is 575. The van der Waals surface area contributed by atoms with E-state index >= 15 is 0 Å². The molecule has 0 aliphatic rings. The van der Waals surface area contributed by atoms with Crippen molar-refractivity contribution in [2.75, 3.05) is 0 Å². The standard InChI is InChI=1S/C16H24ClN3/c1-4-5-6-7-8-9-10-14-13(3)18-15-11-12(2)19-20(15)16(14)17/h11H,4-10H2,1-3H3. The number of unbranched alkanes of at least 4 members (excludes halogenated alkanes) is 5. The summed E-state index contributed by atoms with van der Waals surface area (Å²) < 4.78 is 1.76. The van der Waals surface area contributed by atoms with Crippen molar-refractivity contribution >= 4 is 17.2 Å². The van der Waals surface area contributed by atoms with E-state index in [-0.39, 0.29) is 0 Å². The molecule has 0 saturated heterocycles. The largest absolute Gasteiger partial charge is 0.233 e. The first-order valence-corrected chi connectivity index (χ1v) is 8.02. The zero-order valence-corrected chi connectivity index (χ0v) is 13.5. The van der Waals surface area contributed by atoms with E-state index < -0.39 is 0 Å². The monoisotopic (exact) mass is 293 g/mol. The molecule has 2 rings (SSSR count). The Labute approximate surface area is 126 Å². The maximum absolute atomic E-state index is 6.48. The molecule has 0 atom stereocenters. The summed E-state index contributed by atoms with van der Waals surface area (Å²) in [6.45, 7) is 6.25. The van der Waals surface area contributed by atoms with Gasteiger partial charge in [-0.2, -0.15) is 5.10 Å². The van der Waals surface area contributed by atoms with Gasteiger partial charge in [-0.15, -0.1) is 0 Å². The quantitative estimate of drug-likeness (QED) is 0.537. The topological polar surface area (TPSA) is 30.2 Å². The highest BCUT2D eigenvalue weighted by atomic mass is 35.5. The number of rotatable bonds is 7. The lowest BCUT2D eigenvalue weighted by Crippen LogP contribution is -2.02. The van der Waals surface area contributed by atoms with Crippen molar-refractivity contribution in [2.24, 2.45) is 0 Å². The zero-order chi connectivity index (χ0) is 14.5. The fourth-order valence-electron chi connectivity index (χ4n) is 2.59. The first kappa shape index (κ1) is 15.3. The summed E-state index contributed by atoms with van der Waals surface area (Å²) in [4.78, 5) is 4.60. The normalized spacial score (nSPS) is 11.4. The molecule has 0 N–H and O–H groups in total. The number of halogens is 1. The molecular weight excluding hydrogens is 270 g/mol. The van der Waals surface area contributed by atoms with E-state index in [0.29, 0.717) is 0 Å². The molecule has 2 aromatic heterocycles. The molecule has 0 aromatic carbocycles. The number of hydrogen-bond acceptors (Lipinski definition) is 2. The minimum Gasteiger partial charge on any atom is -0.233 e. The molecule has 4 heteroatoms. The van der Waals surface area contributed by atoms with Crippen LogP contribution < -0.4 is 0 Å². The van der Waals surface area contributed by atoms with Crippen LogP contribution in [0.15, 0.2) is 6.07 Å². The summed E-state index contributed by atoms with van der Waals surface area (Å²) in [5.41, 5.74) is 3.99. The smallest absolute Gasteiger partial charge is 0.157 e. The van der Waals surface area contributed by atoms with E-state index in [1.165, 1.54) is 38.5 Å². The van der Waals surface area contributed by atoms with Crippen molar-refractivity contribution in [1.82, 2.24) is 14.6 Å². The van der Waals surface area contributed by atoms with E-state index in [9.17, 15) is 0 Å². The third kappa shape index (κ3) is 3.51. The number of hydrogen-bond donors (Lipinski definition) is 0. The van der Waals surface area contributed by atoms with Crippen LogP contribution in [0.4, 0.5) is 0 Å². The van der Waals surface area contributed by atoms with Gasteiger partial charge in [-0.25, -0.2) is 9.50 Å². The number of aromatic nitrogens is 3. The number of fused-ring (bicyclic) bond motifs is 1. The highest BCUT2D eigenvalue weighted by Gasteiger charge is 2.12. The van der Waals surface area contributed by atoms with Gasteiger partial charge in [0.05, 0.1) is 5.69 Å². The first-order valence-electron chi connectivity index (χ1n) is 7.65. The van der Waals surface area contributed by atoms with E-state index in [4.69, 9.17) is 11.6 Å². The van der Waals surface area contributed by atoms with Crippen LogP contribution in [0, 0.1) is 13.8 Å². The molecule has 0 radical (unpaired) electrons. The van der Waals surface area contributed by atoms with Crippen molar-refractivity contribution in [2.45, 2.75) is 65.7 Å². The molecule has 0 amide bonds. The average molecular weight is 294 g/mol. The molecule has 0 unspecified atom stereocenters. The molecule has 0 saturated carbocycles. The SMILES string of the molecule is CCCCCCCCc1c(C)nc2cc(C)nn2c1Cl. The summed E-state index contributed by atoms with van der Waals surface area (Å²) in [6, 6.07) is 1.97. The van der Waals surface area contributed by atoms with Gasteiger partial charge in [0, 0.05) is 17.3 Å². The number of aryl methyl sites for hydroxylation is 2. The Morgan fingerprint density at radius 3 is 2.55 bits per heavy atom. The molecule has 0 aliphatic heterocycles. The van der Waals surface area contributed by atoms with Gasteiger partial charge < -0.3 is 0 Å². The van der Waals surface area contributed by atoms with Crippen LogP contribution in [-0.4, -0.2) is 14.6 Å². The fourth-order valence-corrected chi connectivity index (χ4v) is 2.95. The average Bonchev–Trinajstić information content (AvgIpc) is 2.77. The highest BCUT2D eigenvalue weighted by molar-refractivity contribution is 6.30. The third-order valence-electron chi connectivity index (χ3n) is 3.75. The maximum Gasteiger partial charge on any atom is 0.157 e. The van der Waals surface area contributed by atoms with Crippen LogP contribution in [0.1, 0.15) is 62.4 Å². The van der Waals surface area contributed by atoms with E-state index in [2.05, 4.69) is 17.0 Å². The van der Waals surface area contributed by atoms with Gasteiger partial charge in [0.1, 0.15) is 5.15 Å². The molecular formula is C16H24ClN3. The number of nitrogens with zero attached hydrogens (tertiary/aromatic N) is 3. The van der Waals surface area contributed by atoms with Crippen LogP contribution in [0.2, 0.25) is 5.15 Å². The van der Waals surface area contributed by atoms with Gasteiger partial charge in [0.2, 0.25) is 0 Å². The van der Waals surface area contributed by atoms with E-state index in [1.54, 1.807) is 4.52 Å². The van der Waals surface area contributed by atoms with Gasteiger partial charge in [-0.1, -0.05) is 50.6 Å². The van der Waals surface area contributed by atoms with Crippen molar-refractivity contribution < 1.29 is 0 Å². The molecule has 0 spiro atoms. The van der Waals surface area contributed by atoms with E-state index in [0.717, 1.165) is 34.2 Å². The Kier molecular flexibility index (Phi) is 5.41. The first-order chi connectivity index (χ1) is 9.63. The Morgan fingerprint density at radius 2 is 1.80 bits per heavy atom. The molecule has 0 aliphatic carbocycles. The molecule has 2 heterocycles. The lowest BCUT2D eigenvalue weighted by molar-refractivity contribution is 0.605. The van der Waals surface area contributed by atoms with Crippen LogP contribution in [0.5, 0.6) is 0 Å². The maximum atomic E-state index is 6.48. The summed E-state index contributed by atoms with van der Waals surface area (Å²) in [5.74, 6) is 0. The third-order valence-corrected chi connectivity index (χ3v) is 4.14. The molecule has 110 valence electrons. The van der Waals surface area contributed by atoms with Gasteiger partial charge >= 0.3 is 0 Å². The highest BCUT2D eigenvalue weighted by Crippen LogP contribution is 2.23. The molecule has 0 bridgehead atoms. The Balaban J connectivity index is 2.02. The van der Waals surface area contributed by atoms with Crippen LogP contribution >= 0.6 is 11.6 Å². The van der Waals surface area contributed by atoms with Crippen molar-refractivity contribution in [3.05, 3.63) is 28.2 Å². The Hall–Kier alpha value is -1.09. The second-order valence-corrected chi connectivity index (χ2v) is 5.90. The second-order valence-electron chi connectivity index (χ2n) is 5.54. The minimum atomic E-state index is 0.731. The summed E-state index contributed by atoms with van der Waals surface area (Å²) >= 11 is 6.48. The van der Waals surface area contributed by atoms with Crippen LogP contribution in [-0.2, 0) is 6.42 Å². The second kappa shape index (κ2) is 7.07. The van der Waals surface area contributed by atoms with Crippen molar-refractivity contribution in [1.29, 1.82) is 0 Å². The van der Waals surface area contributed by atoms with Crippen molar-refractivity contribution in [3.63, 3.8) is 0 Å². The van der Waals surface area contributed by atoms with Gasteiger partial charge in [-0.3, -0.25) is 0 Å². The lowest BCUT2D eigenvalue weighted by atomic mass is 10.1.